The first-order valence-corrected chi connectivity index (χ1v) is 12.2. The van der Waals surface area contributed by atoms with Gasteiger partial charge in [0.25, 0.3) is 5.60 Å². The van der Waals surface area contributed by atoms with E-state index >= 15 is 0 Å². The number of benzene rings is 3. The molecule has 15 heteroatoms. The zero-order valence-electron chi connectivity index (χ0n) is 22.2. The highest BCUT2D eigenvalue weighted by atomic mass is 19.4. The van der Waals surface area contributed by atoms with Gasteiger partial charge < -0.3 is 10.4 Å². The van der Waals surface area contributed by atoms with E-state index < -0.39 is 70.8 Å². The van der Waals surface area contributed by atoms with Gasteiger partial charge in [-0.05, 0) is 61.1 Å². The van der Waals surface area contributed by atoms with E-state index in [0.717, 1.165) is 24.3 Å². The number of nitrogens with one attached hydrogen (secondary N) is 1. The minimum atomic E-state index is -6.47. The van der Waals surface area contributed by atoms with E-state index in [0.29, 0.717) is 26.2 Å². The van der Waals surface area contributed by atoms with Crippen LogP contribution >= 0.6 is 0 Å². The van der Waals surface area contributed by atoms with Crippen molar-refractivity contribution in [3.63, 3.8) is 0 Å². The molecule has 3 rings (SSSR count). The normalized spacial score (nSPS) is 15.2. The lowest BCUT2D eigenvalue weighted by Gasteiger charge is -2.43. The number of hydrogen-bond acceptors (Lipinski definition) is 3. The predicted octanol–water partition coefficient (Wildman–Crippen LogP) is 6.37. The van der Waals surface area contributed by atoms with Crippen LogP contribution in [0.3, 0.4) is 0 Å². The van der Waals surface area contributed by atoms with E-state index in [9.17, 15) is 58.2 Å². The highest BCUT2D eigenvalue weighted by molar-refractivity contribution is 5.85. The number of rotatable bonds is 8. The molecular formula is C28H23F11N2O2. The molecule has 0 saturated heterocycles. The van der Waals surface area contributed by atoms with Crippen molar-refractivity contribution >= 4 is 5.91 Å². The third-order valence-corrected chi connectivity index (χ3v) is 6.73. The SMILES string of the molecule is CN(C)C(C(=O)NC(Cc1ccccc1)(c1ccc(F)cc1)c1cc(F)cc(C(F)(F)F)c1)C(O)(C(F)(F)F)C(F)(F)F. The minimum Gasteiger partial charge on any atom is -0.372 e. The molecule has 0 fully saturated rings. The van der Waals surface area contributed by atoms with Crippen LogP contribution in [0.4, 0.5) is 48.3 Å². The Labute approximate surface area is 237 Å². The number of likely N-dealkylation sites (N-methyl/N-ethyl adjacent to an activating group) is 1. The van der Waals surface area contributed by atoms with Crippen molar-refractivity contribution in [3.05, 3.63) is 107 Å². The van der Waals surface area contributed by atoms with Crippen LogP contribution in [0.5, 0.6) is 0 Å². The predicted molar refractivity (Wildman–Crippen MR) is 131 cm³/mol. The van der Waals surface area contributed by atoms with Crippen LogP contribution in [0.15, 0.2) is 72.8 Å². The van der Waals surface area contributed by atoms with Crippen LogP contribution in [-0.2, 0) is 22.9 Å². The molecular weight excluding hydrogens is 605 g/mol. The monoisotopic (exact) mass is 628 g/mol. The maximum absolute atomic E-state index is 14.7. The van der Waals surface area contributed by atoms with Crippen LogP contribution in [0.2, 0.25) is 0 Å². The topological polar surface area (TPSA) is 52.6 Å². The van der Waals surface area contributed by atoms with Gasteiger partial charge in [0, 0.05) is 6.42 Å². The summed E-state index contributed by atoms with van der Waals surface area (Å²) >= 11 is 0. The standard InChI is InChI=1S/C28H23F11N2O2/c1-41(2)22(25(43,27(34,35)36)28(37,38)39)23(42)40-24(15-16-6-4-3-5-7-16,17-8-10-20(29)11-9-17)18-12-19(26(31,32)33)14-21(30)13-18/h3-14,22,43H,15H2,1-2H3,(H,40,42). The van der Waals surface area contributed by atoms with Crippen molar-refractivity contribution in [1.29, 1.82) is 0 Å². The summed E-state index contributed by atoms with van der Waals surface area (Å²) in [5, 5.41) is 12.1. The molecule has 0 aromatic heterocycles. The van der Waals surface area contributed by atoms with Gasteiger partial charge in [-0.1, -0.05) is 42.5 Å². The fraction of sp³-hybridized carbons (Fsp3) is 0.321. The average Bonchev–Trinajstić information content (AvgIpc) is 2.87. The van der Waals surface area contributed by atoms with Crippen LogP contribution < -0.4 is 5.32 Å². The van der Waals surface area contributed by atoms with Crippen molar-refractivity contribution in [2.75, 3.05) is 14.1 Å². The molecule has 234 valence electrons. The van der Waals surface area contributed by atoms with E-state index in [4.69, 9.17) is 0 Å². The highest BCUT2D eigenvalue weighted by Crippen LogP contribution is 2.47. The van der Waals surface area contributed by atoms with Gasteiger partial charge in [-0.2, -0.15) is 39.5 Å². The van der Waals surface area contributed by atoms with Crippen molar-refractivity contribution in [2.45, 2.75) is 42.1 Å². The second kappa shape index (κ2) is 11.8. The minimum absolute atomic E-state index is 0.0952. The Bertz CT molecular complexity index is 1410. The zero-order valence-corrected chi connectivity index (χ0v) is 22.2. The van der Waals surface area contributed by atoms with Crippen molar-refractivity contribution < 1.29 is 58.2 Å². The lowest BCUT2D eigenvalue weighted by molar-refractivity contribution is -0.379. The van der Waals surface area contributed by atoms with Gasteiger partial charge in [-0.3, -0.25) is 9.69 Å². The van der Waals surface area contributed by atoms with Crippen LogP contribution in [0, 0.1) is 11.6 Å². The third kappa shape index (κ3) is 6.77. The van der Waals surface area contributed by atoms with Gasteiger partial charge in [0.15, 0.2) is 0 Å². The van der Waals surface area contributed by atoms with Crippen molar-refractivity contribution in [3.8, 4) is 0 Å². The maximum Gasteiger partial charge on any atom is 0.428 e. The largest absolute Gasteiger partial charge is 0.428 e. The average molecular weight is 628 g/mol. The second-order valence-electron chi connectivity index (χ2n) is 9.92. The summed E-state index contributed by atoms with van der Waals surface area (Å²) < 4.78 is 153. The molecule has 0 aliphatic rings. The Morgan fingerprint density at radius 1 is 0.744 bits per heavy atom. The van der Waals surface area contributed by atoms with Gasteiger partial charge in [0.1, 0.15) is 17.7 Å². The Morgan fingerprint density at radius 3 is 1.72 bits per heavy atom. The van der Waals surface area contributed by atoms with Crippen molar-refractivity contribution in [2.24, 2.45) is 0 Å². The first-order valence-electron chi connectivity index (χ1n) is 12.2. The summed E-state index contributed by atoms with van der Waals surface area (Å²) in [4.78, 5) is 13.7. The lowest BCUT2D eigenvalue weighted by Crippen LogP contribution is -2.72. The highest BCUT2D eigenvalue weighted by Gasteiger charge is 2.76. The molecule has 2 atom stereocenters. The molecule has 2 unspecified atom stereocenters. The summed E-state index contributed by atoms with van der Waals surface area (Å²) in [6.07, 6.45) is -18.8. The molecule has 2 N–H and O–H groups in total. The quantitative estimate of drug-likeness (QED) is 0.285. The van der Waals surface area contributed by atoms with Gasteiger partial charge in [-0.25, -0.2) is 8.78 Å². The van der Waals surface area contributed by atoms with E-state index in [1.807, 2.05) is 5.32 Å². The Balaban J connectivity index is 2.41. The molecule has 3 aromatic carbocycles. The van der Waals surface area contributed by atoms with Crippen molar-refractivity contribution in [1.82, 2.24) is 10.2 Å². The molecule has 4 nitrogen and oxygen atoms in total. The number of alkyl halides is 9. The maximum atomic E-state index is 14.7. The molecule has 0 heterocycles. The number of nitrogens with zero attached hydrogens (tertiary/aromatic N) is 1. The van der Waals surface area contributed by atoms with E-state index in [1.165, 1.54) is 30.3 Å². The fourth-order valence-corrected chi connectivity index (χ4v) is 4.74. The van der Waals surface area contributed by atoms with Crippen LogP contribution in [0.25, 0.3) is 0 Å². The molecule has 0 saturated carbocycles. The molecule has 0 aliphatic heterocycles. The summed E-state index contributed by atoms with van der Waals surface area (Å²) in [6.45, 7) is 0. The smallest absolute Gasteiger partial charge is 0.372 e. The molecule has 0 bridgehead atoms. The zero-order chi connectivity index (χ0) is 32.6. The second-order valence-corrected chi connectivity index (χ2v) is 9.92. The first-order chi connectivity index (χ1) is 19.6. The number of aliphatic hydroxyl groups is 1. The number of carbonyl (C=O) groups excluding carboxylic acids is 1. The summed E-state index contributed by atoms with van der Waals surface area (Å²) in [7, 11) is 1.26. The van der Waals surface area contributed by atoms with Gasteiger partial charge >= 0.3 is 18.5 Å². The number of halogens is 11. The van der Waals surface area contributed by atoms with Gasteiger partial charge in [0.05, 0.1) is 11.1 Å². The summed E-state index contributed by atoms with van der Waals surface area (Å²) in [5.41, 5.74) is -10.7. The molecule has 0 aliphatic carbocycles. The molecule has 1 amide bonds. The molecule has 0 radical (unpaired) electrons. The summed E-state index contributed by atoms with van der Waals surface area (Å²) in [6, 6.07) is 8.03. The van der Waals surface area contributed by atoms with E-state index in [1.54, 1.807) is 0 Å². The third-order valence-electron chi connectivity index (χ3n) is 6.73. The van der Waals surface area contributed by atoms with E-state index in [2.05, 4.69) is 0 Å². The van der Waals surface area contributed by atoms with Gasteiger partial charge in [0.2, 0.25) is 5.91 Å². The number of amides is 1. The van der Waals surface area contributed by atoms with Gasteiger partial charge in [-0.15, -0.1) is 0 Å². The van der Waals surface area contributed by atoms with Crippen LogP contribution in [-0.4, -0.2) is 54.0 Å². The lowest BCUT2D eigenvalue weighted by atomic mass is 9.76. The first kappa shape index (κ1) is 33.8. The Kier molecular flexibility index (Phi) is 9.23. The summed E-state index contributed by atoms with van der Waals surface area (Å²) in [5.74, 6) is -4.54. The Morgan fingerprint density at radius 2 is 1.26 bits per heavy atom. The number of carbonyl (C=O) groups is 1. The molecule has 0 spiro atoms. The Hall–Kier alpha value is -3.72. The molecule has 3 aromatic rings. The number of hydrogen-bond donors (Lipinski definition) is 2. The van der Waals surface area contributed by atoms with E-state index in [-0.39, 0.29) is 22.1 Å². The fourth-order valence-electron chi connectivity index (χ4n) is 4.74. The van der Waals surface area contributed by atoms with Crippen LogP contribution in [0.1, 0.15) is 22.3 Å². The molecule has 43 heavy (non-hydrogen) atoms.